The Labute approximate surface area is 119 Å². The summed E-state index contributed by atoms with van der Waals surface area (Å²) in [6, 6.07) is -0.539. The number of carbonyl (C=O) groups is 2. The SMILES string of the molecule is CC1CC(C)CC(NC(=O)NC2COCC2C(=O)O)C1. The Hall–Kier alpha value is -1.30. The van der Waals surface area contributed by atoms with Crippen LogP contribution in [-0.2, 0) is 9.53 Å². The molecule has 6 heteroatoms. The van der Waals surface area contributed by atoms with Gasteiger partial charge in [-0.3, -0.25) is 4.79 Å². The molecule has 3 N–H and O–H groups in total. The summed E-state index contributed by atoms with van der Waals surface area (Å²) in [7, 11) is 0. The molecule has 6 nitrogen and oxygen atoms in total. The number of hydrogen-bond acceptors (Lipinski definition) is 3. The van der Waals surface area contributed by atoms with Crippen molar-refractivity contribution in [3.63, 3.8) is 0 Å². The van der Waals surface area contributed by atoms with Gasteiger partial charge in [-0.2, -0.15) is 0 Å². The summed E-state index contributed by atoms with van der Waals surface area (Å²) >= 11 is 0. The van der Waals surface area contributed by atoms with Crippen molar-refractivity contribution in [1.29, 1.82) is 0 Å². The predicted octanol–water partition coefficient (Wildman–Crippen LogP) is 1.21. The van der Waals surface area contributed by atoms with Crippen molar-refractivity contribution in [3.8, 4) is 0 Å². The van der Waals surface area contributed by atoms with E-state index in [4.69, 9.17) is 9.84 Å². The van der Waals surface area contributed by atoms with Gasteiger partial charge < -0.3 is 20.5 Å². The van der Waals surface area contributed by atoms with E-state index in [9.17, 15) is 9.59 Å². The summed E-state index contributed by atoms with van der Waals surface area (Å²) in [4.78, 5) is 23.0. The van der Waals surface area contributed by atoms with E-state index < -0.39 is 17.9 Å². The molecule has 2 amide bonds. The second kappa shape index (κ2) is 6.43. The lowest BCUT2D eigenvalue weighted by Crippen LogP contribution is -2.51. The van der Waals surface area contributed by atoms with Crippen molar-refractivity contribution in [3.05, 3.63) is 0 Å². The summed E-state index contributed by atoms with van der Waals surface area (Å²) in [6.45, 7) is 4.83. The van der Waals surface area contributed by atoms with Crippen LogP contribution in [0.1, 0.15) is 33.1 Å². The molecule has 0 aromatic carbocycles. The molecule has 4 atom stereocenters. The molecular formula is C14H24N2O4. The Balaban J connectivity index is 1.81. The van der Waals surface area contributed by atoms with Crippen molar-refractivity contribution >= 4 is 12.0 Å². The molecule has 2 aliphatic rings. The highest BCUT2D eigenvalue weighted by Gasteiger charge is 2.35. The number of hydrogen-bond donors (Lipinski definition) is 3. The highest BCUT2D eigenvalue weighted by Crippen LogP contribution is 2.28. The van der Waals surface area contributed by atoms with Crippen LogP contribution in [0.4, 0.5) is 4.79 Å². The lowest BCUT2D eigenvalue weighted by Gasteiger charge is -2.32. The fourth-order valence-corrected chi connectivity index (χ4v) is 3.40. The zero-order chi connectivity index (χ0) is 14.7. The third-order valence-corrected chi connectivity index (χ3v) is 4.23. The Morgan fingerprint density at radius 3 is 2.30 bits per heavy atom. The van der Waals surface area contributed by atoms with Crippen molar-refractivity contribution in [2.24, 2.45) is 17.8 Å². The minimum Gasteiger partial charge on any atom is -0.481 e. The van der Waals surface area contributed by atoms with E-state index >= 15 is 0 Å². The fourth-order valence-electron chi connectivity index (χ4n) is 3.40. The second-order valence-electron chi connectivity index (χ2n) is 6.32. The maximum absolute atomic E-state index is 12.0. The van der Waals surface area contributed by atoms with E-state index in [2.05, 4.69) is 24.5 Å². The molecule has 0 spiro atoms. The smallest absolute Gasteiger partial charge is 0.315 e. The van der Waals surface area contributed by atoms with E-state index in [0.29, 0.717) is 11.8 Å². The maximum atomic E-state index is 12.0. The van der Waals surface area contributed by atoms with Gasteiger partial charge in [0.2, 0.25) is 0 Å². The first-order chi connectivity index (χ1) is 9.45. The fraction of sp³-hybridized carbons (Fsp3) is 0.857. The van der Waals surface area contributed by atoms with Crippen LogP contribution in [-0.4, -0.2) is 42.4 Å². The molecule has 20 heavy (non-hydrogen) atoms. The average molecular weight is 284 g/mol. The van der Waals surface area contributed by atoms with Gasteiger partial charge in [0, 0.05) is 6.04 Å². The van der Waals surface area contributed by atoms with Crippen LogP contribution in [0, 0.1) is 17.8 Å². The van der Waals surface area contributed by atoms with Crippen LogP contribution >= 0.6 is 0 Å². The van der Waals surface area contributed by atoms with Crippen molar-refractivity contribution in [2.75, 3.05) is 13.2 Å². The molecule has 0 radical (unpaired) electrons. The van der Waals surface area contributed by atoms with Crippen LogP contribution in [0.2, 0.25) is 0 Å². The van der Waals surface area contributed by atoms with Crippen LogP contribution in [0.15, 0.2) is 0 Å². The lowest BCUT2D eigenvalue weighted by molar-refractivity contribution is -0.142. The Bertz CT molecular complexity index is 364. The highest BCUT2D eigenvalue weighted by molar-refractivity contribution is 5.77. The quantitative estimate of drug-likeness (QED) is 0.727. The molecule has 1 heterocycles. The van der Waals surface area contributed by atoms with Gasteiger partial charge in [-0.15, -0.1) is 0 Å². The summed E-state index contributed by atoms with van der Waals surface area (Å²) in [5.41, 5.74) is 0. The van der Waals surface area contributed by atoms with Gasteiger partial charge in [-0.1, -0.05) is 13.8 Å². The van der Waals surface area contributed by atoms with Crippen LogP contribution in [0.5, 0.6) is 0 Å². The molecule has 0 bridgehead atoms. The van der Waals surface area contributed by atoms with Crippen molar-refractivity contribution in [2.45, 2.75) is 45.2 Å². The molecule has 1 saturated heterocycles. The molecule has 114 valence electrons. The van der Waals surface area contributed by atoms with E-state index in [0.717, 1.165) is 12.8 Å². The molecular weight excluding hydrogens is 260 g/mol. The van der Waals surface area contributed by atoms with E-state index in [1.807, 2.05) is 0 Å². The minimum atomic E-state index is -0.923. The number of carboxylic acids is 1. The van der Waals surface area contributed by atoms with E-state index in [1.54, 1.807) is 0 Å². The normalized spacial score (nSPS) is 37.4. The number of carboxylic acid groups (broad SMARTS) is 1. The lowest BCUT2D eigenvalue weighted by atomic mass is 9.80. The van der Waals surface area contributed by atoms with Crippen LogP contribution in [0.25, 0.3) is 0 Å². The topological polar surface area (TPSA) is 87.7 Å². The molecule has 1 aliphatic heterocycles. The molecule has 2 fully saturated rings. The number of urea groups is 1. The molecule has 1 saturated carbocycles. The van der Waals surface area contributed by atoms with Crippen molar-refractivity contribution in [1.82, 2.24) is 10.6 Å². The third-order valence-electron chi connectivity index (χ3n) is 4.23. The van der Waals surface area contributed by atoms with Crippen molar-refractivity contribution < 1.29 is 19.4 Å². The van der Waals surface area contributed by atoms with Gasteiger partial charge in [0.05, 0.1) is 19.3 Å². The zero-order valence-electron chi connectivity index (χ0n) is 12.1. The predicted molar refractivity (Wildman–Crippen MR) is 73.4 cm³/mol. The second-order valence-corrected chi connectivity index (χ2v) is 6.32. The first-order valence-electron chi connectivity index (χ1n) is 7.33. The number of nitrogens with one attached hydrogen (secondary N) is 2. The summed E-state index contributed by atoms with van der Waals surface area (Å²) in [6.07, 6.45) is 3.18. The van der Waals surface area contributed by atoms with Crippen LogP contribution in [0.3, 0.4) is 0 Å². The van der Waals surface area contributed by atoms with Gasteiger partial charge in [0.1, 0.15) is 5.92 Å². The van der Waals surface area contributed by atoms with Crippen LogP contribution < -0.4 is 10.6 Å². The van der Waals surface area contributed by atoms with E-state index in [1.165, 1.54) is 6.42 Å². The van der Waals surface area contributed by atoms with Gasteiger partial charge in [-0.05, 0) is 31.1 Å². The first kappa shape index (κ1) is 15.1. The summed E-state index contributed by atoms with van der Waals surface area (Å²) in [5.74, 6) is -0.339. The third kappa shape index (κ3) is 3.85. The summed E-state index contributed by atoms with van der Waals surface area (Å²) in [5, 5.41) is 14.7. The molecule has 1 aliphatic carbocycles. The summed E-state index contributed by atoms with van der Waals surface area (Å²) < 4.78 is 5.13. The largest absolute Gasteiger partial charge is 0.481 e. The van der Waals surface area contributed by atoms with E-state index in [-0.39, 0.29) is 25.3 Å². The van der Waals surface area contributed by atoms with Gasteiger partial charge in [0.15, 0.2) is 0 Å². The molecule has 0 aromatic rings. The maximum Gasteiger partial charge on any atom is 0.315 e. The molecule has 4 unspecified atom stereocenters. The monoisotopic (exact) mass is 284 g/mol. The van der Waals surface area contributed by atoms with Gasteiger partial charge in [0.25, 0.3) is 0 Å². The Morgan fingerprint density at radius 2 is 1.70 bits per heavy atom. The number of rotatable bonds is 3. The number of carbonyl (C=O) groups excluding carboxylic acids is 1. The van der Waals surface area contributed by atoms with Gasteiger partial charge in [-0.25, -0.2) is 4.79 Å². The highest BCUT2D eigenvalue weighted by atomic mass is 16.5. The number of aliphatic carboxylic acids is 1. The number of amides is 2. The zero-order valence-corrected chi connectivity index (χ0v) is 12.1. The molecule has 2 rings (SSSR count). The standard InChI is InChI=1S/C14H24N2O4/c1-8-3-9(2)5-10(4-8)15-14(19)16-12-7-20-6-11(12)13(17)18/h8-12H,3-7H2,1-2H3,(H,17,18)(H2,15,16,19). The Kier molecular flexibility index (Phi) is 4.86. The number of ether oxygens (including phenoxy) is 1. The molecule has 0 aromatic heterocycles. The minimum absolute atomic E-state index is 0.164. The average Bonchev–Trinajstić information content (AvgIpc) is 2.75. The first-order valence-corrected chi connectivity index (χ1v) is 7.33. The van der Waals surface area contributed by atoms with Gasteiger partial charge >= 0.3 is 12.0 Å². The Morgan fingerprint density at radius 1 is 1.05 bits per heavy atom.